The van der Waals surface area contributed by atoms with Crippen molar-refractivity contribution in [3.8, 4) is 5.75 Å². The van der Waals surface area contributed by atoms with Gasteiger partial charge in [0.05, 0.1) is 13.2 Å². The Morgan fingerprint density at radius 1 is 1.42 bits per heavy atom. The van der Waals surface area contributed by atoms with Crippen LogP contribution in [-0.4, -0.2) is 19.6 Å². The van der Waals surface area contributed by atoms with Gasteiger partial charge < -0.3 is 15.8 Å². The summed E-state index contributed by atoms with van der Waals surface area (Å²) >= 11 is 0. The van der Waals surface area contributed by atoms with Gasteiger partial charge in [-0.1, -0.05) is 19.1 Å². The molecule has 106 valence electrons. The average molecular weight is 264 g/mol. The Bertz CT molecular complexity index is 407. The zero-order valence-corrected chi connectivity index (χ0v) is 12.0. The van der Waals surface area contributed by atoms with Gasteiger partial charge in [-0.05, 0) is 44.0 Å². The normalized spacial score (nSPS) is 13.7. The van der Waals surface area contributed by atoms with Crippen LogP contribution in [-0.2, 0) is 4.79 Å². The Morgan fingerprint density at radius 2 is 2.16 bits per heavy atom. The van der Waals surface area contributed by atoms with Crippen LogP contribution in [0.5, 0.6) is 5.75 Å². The largest absolute Gasteiger partial charge is 0.497 e. The predicted octanol–water partition coefficient (Wildman–Crippen LogP) is 2.25. The summed E-state index contributed by atoms with van der Waals surface area (Å²) in [5, 5.41) is 3.02. The minimum Gasteiger partial charge on any atom is -0.497 e. The minimum absolute atomic E-state index is 0.00314. The number of ether oxygens (including phenoxy) is 1. The zero-order valence-electron chi connectivity index (χ0n) is 12.0. The molecule has 0 saturated carbocycles. The second-order valence-corrected chi connectivity index (χ2v) is 4.84. The van der Waals surface area contributed by atoms with E-state index in [1.807, 2.05) is 38.1 Å². The molecule has 0 aliphatic heterocycles. The van der Waals surface area contributed by atoms with Crippen LogP contribution in [0.3, 0.4) is 0 Å². The summed E-state index contributed by atoms with van der Waals surface area (Å²) in [6.07, 6.45) is 1.70. The first-order chi connectivity index (χ1) is 9.08. The number of amides is 1. The van der Waals surface area contributed by atoms with Crippen molar-refractivity contribution in [2.45, 2.75) is 32.7 Å². The molecule has 1 aromatic rings. The molecule has 19 heavy (non-hydrogen) atoms. The van der Waals surface area contributed by atoms with Gasteiger partial charge in [0.1, 0.15) is 5.75 Å². The number of carbonyl (C=O) groups excluding carboxylic acids is 1. The van der Waals surface area contributed by atoms with Crippen molar-refractivity contribution in [3.05, 3.63) is 29.8 Å². The highest BCUT2D eigenvalue weighted by Crippen LogP contribution is 2.19. The molecule has 0 aliphatic carbocycles. The van der Waals surface area contributed by atoms with E-state index in [2.05, 4.69) is 5.32 Å². The van der Waals surface area contributed by atoms with Crippen molar-refractivity contribution >= 4 is 5.91 Å². The second kappa shape index (κ2) is 7.79. The van der Waals surface area contributed by atoms with Gasteiger partial charge in [0.15, 0.2) is 0 Å². The van der Waals surface area contributed by atoms with Crippen LogP contribution in [0, 0.1) is 5.92 Å². The summed E-state index contributed by atoms with van der Waals surface area (Å²) in [5.74, 6) is 0.871. The standard InChI is InChI=1S/C15H24N2O2/c1-11(6-5-9-16)15(18)17-12(2)13-7-4-8-14(10-13)19-3/h4,7-8,10-12H,5-6,9,16H2,1-3H3,(H,17,18)/t11?,12-/m1/s1. The molecule has 0 bridgehead atoms. The predicted molar refractivity (Wildman–Crippen MR) is 77.0 cm³/mol. The maximum Gasteiger partial charge on any atom is 0.223 e. The summed E-state index contributed by atoms with van der Waals surface area (Å²) in [6.45, 7) is 4.54. The van der Waals surface area contributed by atoms with Crippen molar-refractivity contribution < 1.29 is 9.53 Å². The van der Waals surface area contributed by atoms with Gasteiger partial charge in [-0.3, -0.25) is 4.79 Å². The minimum atomic E-state index is -0.0251. The molecule has 0 spiro atoms. The van der Waals surface area contributed by atoms with Gasteiger partial charge >= 0.3 is 0 Å². The molecule has 0 radical (unpaired) electrons. The molecule has 2 atom stereocenters. The number of carbonyl (C=O) groups is 1. The van der Waals surface area contributed by atoms with E-state index in [1.54, 1.807) is 7.11 Å². The number of nitrogens with two attached hydrogens (primary N) is 1. The fraction of sp³-hybridized carbons (Fsp3) is 0.533. The molecule has 1 aromatic carbocycles. The summed E-state index contributed by atoms with van der Waals surface area (Å²) in [4.78, 5) is 12.0. The maximum atomic E-state index is 12.0. The average Bonchev–Trinajstić information content (AvgIpc) is 2.44. The number of methoxy groups -OCH3 is 1. The lowest BCUT2D eigenvalue weighted by molar-refractivity contribution is -0.125. The third-order valence-corrected chi connectivity index (χ3v) is 3.24. The molecule has 4 heteroatoms. The van der Waals surface area contributed by atoms with Crippen molar-refractivity contribution in [2.75, 3.05) is 13.7 Å². The Labute approximate surface area is 115 Å². The number of benzene rings is 1. The highest BCUT2D eigenvalue weighted by molar-refractivity contribution is 5.78. The summed E-state index contributed by atoms with van der Waals surface area (Å²) in [5.41, 5.74) is 6.50. The second-order valence-electron chi connectivity index (χ2n) is 4.84. The molecule has 3 N–H and O–H groups in total. The molecule has 0 fully saturated rings. The lowest BCUT2D eigenvalue weighted by Gasteiger charge is -2.18. The van der Waals surface area contributed by atoms with Gasteiger partial charge in [-0.25, -0.2) is 0 Å². The van der Waals surface area contributed by atoms with Crippen LogP contribution in [0.1, 0.15) is 38.3 Å². The molecule has 0 saturated heterocycles. The number of rotatable bonds is 7. The van der Waals surface area contributed by atoms with Crippen molar-refractivity contribution in [3.63, 3.8) is 0 Å². The van der Waals surface area contributed by atoms with E-state index in [9.17, 15) is 4.79 Å². The van der Waals surface area contributed by atoms with Crippen LogP contribution < -0.4 is 15.8 Å². The molecule has 0 aliphatic rings. The van der Waals surface area contributed by atoms with E-state index in [4.69, 9.17) is 10.5 Å². The Kier molecular flexibility index (Phi) is 6.36. The molecule has 0 aromatic heterocycles. The van der Waals surface area contributed by atoms with E-state index in [1.165, 1.54) is 0 Å². The van der Waals surface area contributed by atoms with E-state index in [-0.39, 0.29) is 17.9 Å². The van der Waals surface area contributed by atoms with Crippen LogP contribution in [0.2, 0.25) is 0 Å². The topological polar surface area (TPSA) is 64.3 Å². The quantitative estimate of drug-likeness (QED) is 0.794. The van der Waals surface area contributed by atoms with Crippen molar-refractivity contribution in [1.29, 1.82) is 0 Å². The Hall–Kier alpha value is -1.55. The van der Waals surface area contributed by atoms with E-state index < -0.39 is 0 Å². The molecule has 1 rings (SSSR count). The lowest BCUT2D eigenvalue weighted by atomic mass is 10.0. The summed E-state index contributed by atoms with van der Waals surface area (Å²) in [7, 11) is 1.64. The van der Waals surface area contributed by atoms with Crippen LogP contribution >= 0.6 is 0 Å². The van der Waals surface area contributed by atoms with Gasteiger partial charge in [0.25, 0.3) is 0 Å². The third kappa shape index (κ3) is 4.91. The first kappa shape index (κ1) is 15.5. The van der Waals surface area contributed by atoms with Crippen LogP contribution in [0.4, 0.5) is 0 Å². The van der Waals surface area contributed by atoms with Gasteiger partial charge in [0.2, 0.25) is 5.91 Å². The number of hydrogen-bond donors (Lipinski definition) is 2. The zero-order chi connectivity index (χ0) is 14.3. The van der Waals surface area contributed by atoms with E-state index in [0.29, 0.717) is 6.54 Å². The first-order valence-electron chi connectivity index (χ1n) is 6.73. The van der Waals surface area contributed by atoms with Gasteiger partial charge in [-0.2, -0.15) is 0 Å². The molecular weight excluding hydrogens is 240 g/mol. The molecule has 1 amide bonds. The molecular formula is C15H24N2O2. The number of hydrogen-bond acceptors (Lipinski definition) is 3. The van der Waals surface area contributed by atoms with Crippen LogP contribution in [0.15, 0.2) is 24.3 Å². The fourth-order valence-corrected chi connectivity index (χ4v) is 1.90. The Morgan fingerprint density at radius 3 is 2.79 bits per heavy atom. The SMILES string of the molecule is COc1cccc([C@@H](C)NC(=O)C(C)CCCN)c1. The monoisotopic (exact) mass is 264 g/mol. The molecule has 0 heterocycles. The van der Waals surface area contributed by atoms with Crippen molar-refractivity contribution in [1.82, 2.24) is 5.32 Å². The highest BCUT2D eigenvalue weighted by atomic mass is 16.5. The summed E-state index contributed by atoms with van der Waals surface area (Å²) < 4.78 is 5.18. The molecule has 4 nitrogen and oxygen atoms in total. The maximum absolute atomic E-state index is 12.0. The van der Waals surface area contributed by atoms with Gasteiger partial charge in [-0.15, -0.1) is 0 Å². The third-order valence-electron chi connectivity index (χ3n) is 3.24. The first-order valence-corrected chi connectivity index (χ1v) is 6.73. The molecule has 1 unspecified atom stereocenters. The van der Waals surface area contributed by atoms with Gasteiger partial charge in [0, 0.05) is 5.92 Å². The lowest BCUT2D eigenvalue weighted by Crippen LogP contribution is -2.31. The smallest absolute Gasteiger partial charge is 0.223 e. The van der Waals surface area contributed by atoms with E-state index in [0.717, 1.165) is 24.2 Å². The Balaban J connectivity index is 2.58. The van der Waals surface area contributed by atoms with Crippen LogP contribution in [0.25, 0.3) is 0 Å². The highest BCUT2D eigenvalue weighted by Gasteiger charge is 2.15. The number of nitrogens with one attached hydrogen (secondary N) is 1. The summed E-state index contributed by atoms with van der Waals surface area (Å²) in [6, 6.07) is 7.72. The van der Waals surface area contributed by atoms with E-state index >= 15 is 0 Å². The van der Waals surface area contributed by atoms with Crippen molar-refractivity contribution in [2.24, 2.45) is 11.7 Å². The fourth-order valence-electron chi connectivity index (χ4n) is 1.90.